The average Bonchev–Trinajstić information content (AvgIpc) is 2.49. The fraction of sp³-hybridized carbons (Fsp3) is 0.214. The van der Waals surface area contributed by atoms with Crippen molar-refractivity contribution in [2.75, 3.05) is 6.54 Å². The van der Waals surface area contributed by atoms with E-state index < -0.39 is 11.0 Å². The topological polar surface area (TPSA) is 88.3 Å². The van der Waals surface area contributed by atoms with Crippen molar-refractivity contribution in [3.05, 3.63) is 69.0 Å². The van der Waals surface area contributed by atoms with Gasteiger partial charge in [-0.05, 0) is 29.3 Å². The number of halogens is 1. The van der Waals surface area contributed by atoms with Gasteiger partial charge in [-0.3, -0.25) is 15.1 Å². The van der Waals surface area contributed by atoms with Crippen molar-refractivity contribution < 1.29 is 10.0 Å². The molecule has 0 amide bonds. The van der Waals surface area contributed by atoms with Crippen molar-refractivity contribution in [1.29, 1.82) is 0 Å². The number of aromatic nitrogens is 1. The summed E-state index contributed by atoms with van der Waals surface area (Å²) in [4.78, 5) is 14.2. The van der Waals surface area contributed by atoms with Crippen LogP contribution in [0.25, 0.3) is 0 Å². The molecule has 6 nitrogen and oxygen atoms in total. The largest absolute Gasteiger partial charge is 0.387 e. The lowest BCUT2D eigenvalue weighted by molar-refractivity contribution is -0.384. The van der Waals surface area contributed by atoms with E-state index in [-0.39, 0.29) is 10.7 Å². The van der Waals surface area contributed by atoms with E-state index in [4.69, 9.17) is 11.6 Å². The van der Waals surface area contributed by atoms with Gasteiger partial charge in [0.1, 0.15) is 5.02 Å². The molecule has 0 radical (unpaired) electrons. The minimum atomic E-state index is -0.657. The Bertz CT molecular complexity index is 622. The summed E-state index contributed by atoms with van der Waals surface area (Å²) in [5.74, 6) is 0. The second-order valence-corrected chi connectivity index (χ2v) is 4.88. The Morgan fingerprint density at radius 2 is 2.05 bits per heavy atom. The lowest BCUT2D eigenvalue weighted by Gasteiger charge is -2.12. The molecule has 0 spiro atoms. The molecule has 0 saturated heterocycles. The van der Waals surface area contributed by atoms with Crippen LogP contribution in [0.5, 0.6) is 0 Å². The number of nitro benzene ring substituents is 1. The summed E-state index contributed by atoms with van der Waals surface area (Å²) < 4.78 is 0. The summed E-state index contributed by atoms with van der Waals surface area (Å²) in [5, 5.41) is 23.9. The molecule has 2 N–H and O–H groups in total. The predicted molar refractivity (Wildman–Crippen MR) is 79.0 cm³/mol. The molecule has 1 heterocycles. The van der Waals surface area contributed by atoms with Crippen LogP contribution in [0.15, 0.2) is 42.7 Å². The smallest absolute Gasteiger partial charge is 0.288 e. The van der Waals surface area contributed by atoms with Crippen molar-refractivity contribution >= 4 is 17.3 Å². The third-order valence-corrected chi connectivity index (χ3v) is 3.28. The first-order chi connectivity index (χ1) is 10.1. The molecule has 1 unspecified atom stereocenters. The average molecular weight is 308 g/mol. The zero-order chi connectivity index (χ0) is 15.2. The van der Waals surface area contributed by atoms with Gasteiger partial charge in [-0.25, -0.2) is 0 Å². The van der Waals surface area contributed by atoms with Gasteiger partial charge in [-0.15, -0.1) is 0 Å². The van der Waals surface area contributed by atoms with Gasteiger partial charge in [0.25, 0.3) is 5.69 Å². The fourth-order valence-electron chi connectivity index (χ4n) is 1.86. The highest BCUT2D eigenvalue weighted by molar-refractivity contribution is 6.32. The summed E-state index contributed by atoms with van der Waals surface area (Å²) in [6.45, 7) is 0.737. The second kappa shape index (κ2) is 7.12. The van der Waals surface area contributed by atoms with E-state index >= 15 is 0 Å². The van der Waals surface area contributed by atoms with E-state index in [0.29, 0.717) is 13.1 Å². The predicted octanol–water partition coefficient (Wildman–Crippen LogP) is 2.47. The number of hydrogen-bond donors (Lipinski definition) is 2. The summed E-state index contributed by atoms with van der Waals surface area (Å²) in [6.07, 6.45) is 2.57. The highest BCUT2D eigenvalue weighted by atomic mass is 35.5. The molecule has 0 aliphatic rings. The van der Waals surface area contributed by atoms with Crippen LogP contribution in [0.1, 0.15) is 17.2 Å². The molecule has 0 bridgehead atoms. The van der Waals surface area contributed by atoms with E-state index in [9.17, 15) is 15.2 Å². The minimum Gasteiger partial charge on any atom is -0.387 e. The van der Waals surface area contributed by atoms with Gasteiger partial charge in [-0.2, -0.15) is 0 Å². The SMILES string of the molecule is O=[N+]([O-])c1cc(CNCC(O)c2ccncc2)ccc1Cl. The highest BCUT2D eigenvalue weighted by Crippen LogP contribution is 2.25. The lowest BCUT2D eigenvalue weighted by atomic mass is 10.1. The van der Waals surface area contributed by atoms with Gasteiger partial charge in [-0.1, -0.05) is 17.7 Å². The molecular formula is C14H14ClN3O3. The third-order valence-electron chi connectivity index (χ3n) is 2.96. The van der Waals surface area contributed by atoms with Gasteiger partial charge < -0.3 is 10.4 Å². The summed E-state index contributed by atoms with van der Waals surface area (Å²) >= 11 is 5.75. The number of aliphatic hydroxyl groups excluding tert-OH is 1. The van der Waals surface area contributed by atoms with E-state index in [0.717, 1.165) is 11.1 Å². The number of rotatable bonds is 6. The standard InChI is InChI=1S/C14H14ClN3O3/c15-12-2-1-10(7-13(12)18(20)21)8-17-9-14(19)11-3-5-16-6-4-11/h1-7,14,17,19H,8-9H2. The highest BCUT2D eigenvalue weighted by Gasteiger charge is 2.13. The van der Waals surface area contributed by atoms with E-state index in [1.807, 2.05) is 0 Å². The number of hydrogen-bond acceptors (Lipinski definition) is 5. The molecule has 0 fully saturated rings. The first-order valence-electron chi connectivity index (χ1n) is 6.29. The Hall–Kier alpha value is -2.02. The van der Waals surface area contributed by atoms with Crippen LogP contribution in [0.2, 0.25) is 5.02 Å². The Balaban J connectivity index is 1.92. The van der Waals surface area contributed by atoms with Crippen molar-refractivity contribution in [2.24, 2.45) is 0 Å². The molecule has 0 aliphatic heterocycles. The van der Waals surface area contributed by atoms with Crippen molar-refractivity contribution in [2.45, 2.75) is 12.6 Å². The van der Waals surface area contributed by atoms with Gasteiger partial charge in [0.2, 0.25) is 0 Å². The molecule has 110 valence electrons. The first kappa shape index (κ1) is 15.4. The maximum absolute atomic E-state index is 10.8. The van der Waals surface area contributed by atoms with Crippen LogP contribution in [-0.4, -0.2) is 21.6 Å². The fourth-order valence-corrected chi connectivity index (χ4v) is 2.05. The second-order valence-electron chi connectivity index (χ2n) is 4.47. The third kappa shape index (κ3) is 4.22. The minimum absolute atomic E-state index is 0.112. The van der Waals surface area contributed by atoms with Gasteiger partial charge in [0.05, 0.1) is 11.0 Å². The zero-order valence-corrected chi connectivity index (χ0v) is 11.8. The Morgan fingerprint density at radius 1 is 1.33 bits per heavy atom. The molecule has 1 aromatic heterocycles. The van der Waals surface area contributed by atoms with Crippen molar-refractivity contribution in [3.8, 4) is 0 Å². The zero-order valence-electron chi connectivity index (χ0n) is 11.1. The van der Waals surface area contributed by atoms with Crippen LogP contribution >= 0.6 is 11.6 Å². The monoisotopic (exact) mass is 307 g/mol. The molecule has 1 aromatic carbocycles. The van der Waals surface area contributed by atoms with E-state index in [2.05, 4.69) is 10.3 Å². The number of pyridine rings is 1. The van der Waals surface area contributed by atoms with Crippen LogP contribution < -0.4 is 5.32 Å². The van der Waals surface area contributed by atoms with E-state index in [1.54, 1.807) is 30.6 Å². The van der Waals surface area contributed by atoms with Gasteiger partial charge in [0.15, 0.2) is 0 Å². The van der Waals surface area contributed by atoms with Crippen LogP contribution in [-0.2, 0) is 6.54 Å². The Morgan fingerprint density at radius 3 is 2.71 bits per heavy atom. The number of aliphatic hydroxyl groups is 1. The number of nitro groups is 1. The van der Waals surface area contributed by atoms with Gasteiger partial charge in [0, 0.05) is 31.5 Å². The molecule has 0 aliphatic carbocycles. The number of nitrogens with zero attached hydrogens (tertiary/aromatic N) is 2. The quantitative estimate of drug-likeness (QED) is 0.632. The summed E-state index contributed by atoms with van der Waals surface area (Å²) in [6, 6.07) is 8.10. The van der Waals surface area contributed by atoms with Crippen LogP contribution in [0.4, 0.5) is 5.69 Å². The Kier molecular flexibility index (Phi) is 5.21. The van der Waals surface area contributed by atoms with Crippen LogP contribution in [0, 0.1) is 10.1 Å². The molecule has 0 saturated carbocycles. The number of nitrogens with one attached hydrogen (secondary N) is 1. The number of benzene rings is 1. The summed E-state index contributed by atoms with van der Waals surface area (Å²) in [7, 11) is 0. The van der Waals surface area contributed by atoms with Crippen molar-refractivity contribution in [3.63, 3.8) is 0 Å². The molecule has 2 aromatic rings. The summed E-state index contributed by atoms with van der Waals surface area (Å²) in [5.41, 5.74) is 1.37. The molecule has 7 heteroatoms. The Labute approximate surface area is 126 Å². The normalized spacial score (nSPS) is 12.1. The molecule has 2 rings (SSSR count). The maximum atomic E-state index is 10.8. The van der Waals surface area contributed by atoms with Crippen LogP contribution in [0.3, 0.4) is 0 Å². The van der Waals surface area contributed by atoms with Crippen molar-refractivity contribution in [1.82, 2.24) is 10.3 Å². The maximum Gasteiger partial charge on any atom is 0.288 e. The first-order valence-corrected chi connectivity index (χ1v) is 6.67. The lowest BCUT2D eigenvalue weighted by Crippen LogP contribution is -2.21. The molecule has 1 atom stereocenters. The molecule has 21 heavy (non-hydrogen) atoms. The molecular weight excluding hydrogens is 294 g/mol. The van der Waals surface area contributed by atoms with Gasteiger partial charge >= 0.3 is 0 Å². The van der Waals surface area contributed by atoms with E-state index in [1.165, 1.54) is 12.1 Å².